The first-order chi connectivity index (χ1) is 7.66. The zero-order valence-electron chi connectivity index (χ0n) is 9.26. The summed E-state index contributed by atoms with van der Waals surface area (Å²) in [6.07, 6.45) is 1.44. The zero-order valence-corrected chi connectivity index (χ0v) is 9.26. The van der Waals surface area contributed by atoms with Crippen LogP contribution in [-0.4, -0.2) is 47.1 Å². The Bertz CT molecular complexity index is 369. The maximum absolute atomic E-state index is 11.1. The number of amides is 1. The molecular weight excluding hydrogens is 206 g/mol. The van der Waals surface area contributed by atoms with Gasteiger partial charge >= 0.3 is 0 Å². The molecule has 86 valence electrons. The molecule has 16 heavy (non-hydrogen) atoms. The van der Waals surface area contributed by atoms with Crippen molar-refractivity contribution in [3.8, 4) is 5.75 Å². The van der Waals surface area contributed by atoms with E-state index in [9.17, 15) is 4.79 Å². The lowest BCUT2D eigenvalue weighted by Gasteiger charge is -2.34. The van der Waals surface area contributed by atoms with Crippen molar-refractivity contribution in [2.75, 3.05) is 31.1 Å². The number of pyridine rings is 1. The van der Waals surface area contributed by atoms with Crippen molar-refractivity contribution in [1.29, 1.82) is 0 Å². The smallest absolute Gasteiger partial charge is 0.219 e. The van der Waals surface area contributed by atoms with Crippen molar-refractivity contribution in [2.24, 2.45) is 0 Å². The van der Waals surface area contributed by atoms with E-state index in [1.165, 1.54) is 6.20 Å². The van der Waals surface area contributed by atoms with Gasteiger partial charge < -0.3 is 14.9 Å². The van der Waals surface area contributed by atoms with Crippen LogP contribution in [0.15, 0.2) is 18.3 Å². The molecule has 0 unspecified atom stereocenters. The lowest BCUT2D eigenvalue weighted by Crippen LogP contribution is -2.48. The molecule has 1 fully saturated rings. The van der Waals surface area contributed by atoms with E-state index < -0.39 is 0 Å². The molecule has 0 spiro atoms. The van der Waals surface area contributed by atoms with E-state index in [2.05, 4.69) is 9.88 Å². The fourth-order valence-electron chi connectivity index (χ4n) is 1.82. The number of nitrogens with zero attached hydrogens (tertiary/aromatic N) is 3. The van der Waals surface area contributed by atoms with Gasteiger partial charge in [0.1, 0.15) is 11.6 Å². The molecule has 0 atom stereocenters. The fraction of sp³-hybridized carbons (Fsp3) is 0.455. The van der Waals surface area contributed by atoms with Gasteiger partial charge in [-0.25, -0.2) is 4.98 Å². The van der Waals surface area contributed by atoms with Gasteiger partial charge in [-0.15, -0.1) is 0 Å². The van der Waals surface area contributed by atoms with Crippen molar-refractivity contribution in [2.45, 2.75) is 6.92 Å². The summed E-state index contributed by atoms with van der Waals surface area (Å²) in [5.41, 5.74) is 0. The molecule has 0 aliphatic carbocycles. The van der Waals surface area contributed by atoms with Crippen molar-refractivity contribution in [1.82, 2.24) is 9.88 Å². The SMILES string of the molecule is CC(=O)N1CCN(c2ccc(O)cn2)CC1. The van der Waals surface area contributed by atoms with Gasteiger partial charge in [0.2, 0.25) is 5.91 Å². The van der Waals surface area contributed by atoms with Crippen molar-refractivity contribution in [3.05, 3.63) is 18.3 Å². The van der Waals surface area contributed by atoms with E-state index in [0.29, 0.717) is 0 Å². The summed E-state index contributed by atoms with van der Waals surface area (Å²) >= 11 is 0. The molecule has 2 heterocycles. The Kier molecular flexibility index (Phi) is 2.94. The van der Waals surface area contributed by atoms with Crippen LogP contribution in [0.1, 0.15) is 6.92 Å². The summed E-state index contributed by atoms with van der Waals surface area (Å²) in [4.78, 5) is 19.2. The third kappa shape index (κ3) is 2.24. The predicted octanol–water partition coefficient (Wildman–Crippen LogP) is 0.456. The lowest BCUT2D eigenvalue weighted by atomic mass is 10.3. The predicted molar refractivity (Wildman–Crippen MR) is 60.4 cm³/mol. The van der Waals surface area contributed by atoms with Gasteiger partial charge in [0.25, 0.3) is 0 Å². The number of anilines is 1. The third-order valence-corrected chi connectivity index (χ3v) is 2.78. The number of hydrogen-bond donors (Lipinski definition) is 1. The van der Waals surface area contributed by atoms with Gasteiger partial charge in [0, 0.05) is 33.1 Å². The summed E-state index contributed by atoms with van der Waals surface area (Å²) < 4.78 is 0. The molecule has 1 aliphatic heterocycles. The van der Waals surface area contributed by atoms with Crippen LogP contribution in [0, 0.1) is 0 Å². The van der Waals surface area contributed by atoms with Crippen LogP contribution >= 0.6 is 0 Å². The van der Waals surface area contributed by atoms with Crippen LogP contribution in [0.2, 0.25) is 0 Å². The molecule has 5 heteroatoms. The van der Waals surface area contributed by atoms with Gasteiger partial charge in [-0.3, -0.25) is 4.79 Å². The molecule has 1 saturated heterocycles. The minimum absolute atomic E-state index is 0.123. The minimum atomic E-state index is 0.123. The Balaban J connectivity index is 1.99. The summed E-state index contributed by atoms with van der Waals surface area (Å²) in [6, 6.07) is 3.42. The van der Waals surface area contributed by atoms with E-state index in [0.717, 1.165) is 32.0 Å². The quantitative estimate of drug-likeness (QED) is 0.748. The Hall–Kier alpha value is -1.78. The van der Waals surface area contributed by atoms with E-state index in [4.69, 9.17) is 5.11 Å². The summed E-state index contributed by atoms with van der Waals surface area (Å²) in [6.45, 7) is 4.64. The summed E-state index contributed by atoms with van der Waals surface area (Å²) in [5, 5.41) is 9.14. The van der Waals surface area contributed by atoms with Crippen LogP contribution in [0.5, 0.6) is 5.75 Å². The van der Waals surface area contributed by atoms with Crippen molar-refractivity contribution >= 4 is 11.7 Å². The van der Waals surface area contributed by atoms with Crippen LogP contribution in [0.4, 0.5) is 5.82 Å². The lowest BCUT2D eigenvalue weighted by molar-refractivity contribution is -0.129. The first-order valence-corrected chi connectivity index (χ1v) is 5.32. The number of hydrogen-bond acceptors (Lipinski definition) is 4. The van der Waals surface area contributed by atoms with Gasteiger partial charge in [-0.1, -0.05) is 0 Å². The first-order valence-electron chi connectivity index (χ1n) is 5.32. The number of carbonyl (C=O) groups is 1. The number of rotatable bonds is 1. The minimum Gasteiger partial charge on any atom is -0.506 e. The Morgan fingerprint density at radius 3 is 2.50 bits per heavy atom. The molecule has 0 saturated carbocycles. The first kappa shape index (κ1) is 10.7. The summed E-state index contributed by atoms with van der Waals surface area (Å²) in [5.74, 6) is 1.14. The number of carbonyl (C=O) groups excluding carboxylic acids is 1. The highest BCUT2D eigenvalue weighted by molar-refractivity contribution is 5.73. The molecule has 1 aromatic rings. The standard InChI is InChI=1S/C11H15N3O2/c1-9(15)13-4-6-14(7-5-13)11-3-2-10(16)8-12-11/h2-3,8,16H,4-7H2,1H3. The maximum Gasteiger partial charge on any atom is 0.219 e. The van der Waals surface area contributed by atoms with Crippen LogP contribution in [0.3, 0.4) is 0 Å². The van der Waals surface area contributed by atoms with Gasteiger partial charge in [-0.05, 0) is 12.1 Å². The molecule has 1 N–H and O–H groups in total. The topological polar surface area (TPSA) is 56.7 Å². The number of aromatic nitrogens is 1. The van der Waals surface area contributed by atoms with Crippen molar-refractivity contribution < 1.29 is 9.90 Å². The Morgan fingerprint density at radius 2 is 2.00 bits per heavy atom. The average Bonchev–Trinajstić information content (AvgIpc) is 2.30. The molecular formula is C11H15N3O2. The second-order valence-corrected chi connectivity index (χ2v) is 3.87. The maximum atomic E-state index is 11.1. The van der Waals surface area contributed by atoms with E-state index in [1.807, 2.05) is 4.90 Å². The highest BCUT2D eigenvalue weighted by Gasteiger charge is 2.19. The monoisotopic (exact) mass is 221 g/mol. The van der Waals surface area contributed by atoms with Gasteiger partial charge in [0.05, 0.1) is 6.20 Å². The largest absolute Gasteiger partial charge is 0.506 e. The van der Waals surface area contributed by atoms with E-state index in [-0.39, 0.29) is 11.7 Å². The average molecular weight is 221 g/mol. The number of aromatic hydroxyl groups is 1. The molecule has 0 radical (unpaired) electrons. The zero-order chi connectivity index (χ0) is 11.5. The van der Waals surface area contributed by atoms with Gasteiger partial charge in [-0.2, -0.15) is 0 Å². The molecule has 1 amide bonds. The highest BCUT2D eigenvalue weighted by Crippen LogP contribution is 2.16. The number of piperazine rings is 1. The van der Waals surface area contributed by atoms with Gasteiger partial charge in [0.15, 0.2) is 0 Å². The van der Waals surface area contributed by atoms with Crippen LogP contribution in [-0.2, 0) is 4.79 Å². The molecule has 5 nitrogen and oxygen atoms in total. The molecule has 0 bridgehead atoms. The fourth-order valence-corrected chi connectivity index (χ4v) is 1.82. The Labute approximate surface area is 94.3 Å². The molecule has 0 aromatic carbocycles. The Morgan fingerprint density at radius 1 is 1.31 bits per heavy atom. The molecule has 1 aromatic heterocycles. The molecule has 2 rings (SSSR count). The molecule has 1 aliphatic rings. The normalized spacial score (nSPS) is 16.3. The second kappa shape index (κ2) is 4.38. The summed E-state index contributed by atoms with van der Waals surface area (Å²) in [7, 11) is 0. The van der Waals surface area contributed by atoms with E-state index >= 15 is 0 Å². The highest BCUT2D eigenvalue weighted by atomic mass is 16.3. The second-order valence-electron chi connectivity index (χ2n) is 3.87. The van der Waals surface area contributed by atoms with Crippen LogP contribution in [0.25, 0.3) is 0 Å². The van der Waals surface area contributed by atoms with E-state index in [1.54, 1.807) is 19.1 Å². The van der Waals surface area contributed by atoms with Crippen molar-refractivity contribution in [3.63, 3.8) is 0 Å². The van der Waals surface area contributed by atoms with Crippen LogP contribution < -0.4 is 4.90 Å². The third-order valence-electron chi connectivity index (χ3n) is 2.78.